The second kappa shape index (κ2) is 5.48. The number of benzene rings is 1. The minimum absolute atomic E-state index is 0.109. The summed E-state index contributed by atoms with van der Waals surface area (Å²) in [5, 5.41) is 3.23. The Morgan fingerprint density at radius 2 is 2.00 bits per heavy atom. The van der Waals surface area contributed by atoms with Crippen LogP contribution < -0.4 is 11.3 Å². The van der Waals surface area contributed by atoms with Crippen molar-refractivity contribution in [1.29, 1.82) is 0 Å². The van der Waals surface area contributed by atoms with Gasteiger partial charge in [-0.15, -0.1) is 0 Å². The van der Waals surface area contributed by atoms with Gasteiger partial charge < -0.3 is 5.73 Å². The van der Waals surface area contributed by atoms with Gasteiger partial charge in [-0.25, -0.2) is 4.68 Å². The van der Waals surface area contributed by atoms with Gasteiger partial charge in [-0.05, 0) is 24.5 Å². The molecule has 0 unspecified atom stereocenters. The van der Waals surface area contributed by atoms with E-state index in [2.05, 4.69) is 21.0 Å². The van der Waals surface area contributed by atoms with Crippen LogP contribution in [0.5, 0.6) is 0 Å². The number of rotatable bonds is 3. The molecule has 3 N–H and O–H groups in total. The average Bonchev–Trinajstić information content (AvgIpc) is 3.05. The molecule has 2 aromatic rings. The minimum Gasteiger partial charge on any atom is -0.393 e. The summed E-state index contributed by atoms with van der Waals surface area (Å²) in [6.07, 6.45) is 4.70. The summed E-state index contributed by atoms with van der Waals surface area (Å²) in [5.41, 5.74) is 8.28. The predicted molar refractivity (Wildman–Crippen MR) is 83.9 cm³/mol. The van der Waals surface area contributed by atoms with Gasteiger partial charge in [-0.1, -0.05) is 47.0 Å². The summed E-state index contributed by atoms with van der Waals surface area (Å²) in [7, 11) is 0. The van der Waals surface area contributed by atoms with Crippen molar-refractivity contribution in [3.63, 3.8) is 0 Å². The van der Waals surface area contributed by atoms with Crippen LogP contribution in [0.1, 0.15) is 42.9 Å². The molecule has 5 heteroatoms. The zero-order valence-corrected chi connectivity index (χ0v) is 12.8. The first kappa shape index (κ1) is 13.5. The first-order valence-electron chi connectivity index (χ1n) is 6.98. The first-order chi connectivity index (χ1) is 9.66. The van der Waals surface area contributed by atoms with Crippen molar-refractivity contribution in [2.45, 2.75) is 38.1 Å². The number of hydrogen-bond donors (Lipinski definition) is 2. The summed E-state index contributed by atoms with van der Waals surface area (Å²) in [6, 6.07) is 7.91. The highest BCUT2D eigenvalue weighted by Gasteiger charge is 2.23. The van der Waals surface area contributed by atoms with Crippen LogP contribution in [-0.4, -0.2) is 9.78 Å². The number of nitrogens with two attached hydrogens (primary N) is 1. The third-order valence-electron chi connectivity index (χ3n) is 4.07. The van der Waals surface area contributed by atoms with E-state index in [0.717, 1.165) is 28.6 Å². The van der Waals surface area contributed by atoms with Crippen LogP contribution in [0.25, 0.3) is 0 Å². The molecule has 4 nitrogen and oxygen atoms in total. The Kier molecular flexibility index (Phi) is 3.70. The van der Waals surface area contributed by atoms with Crippen molar-refractivity contribution in [2.24, 2.45) is 0 Å². The monoisotopic (exact) mass is 335 g/mol. The molecule has 3 rings (SSSR count). The Hall–Kier alpha value is -1.49. The fourth-order valence-electron chi connectivity index (χ4n) is 2.95. The molecule has 0 amide bonds. The second-order valence-corrected chi connectivity index (χ2v) is 6.26. The lowest BCUT2D eigenvalue weighted by Gasteiger charge is -2.08. The van der Waals surface area contributed by atoms with Gasteiger partial charge in [0.1, 0.15) is 5.69 Å². The van der Waals surface area contributed by atoms with Crippen LogP contribution in [0.3, 0.4) is 0 Å². The van der Waals surface area contributed by atoms with E-state index in [0.29, 0.717) is 18.2 Å². The number of aromatic nitrogens is 2. The van der Waals surface area contributed by atoms with Crippen LogP contribution in [0.15, 0.2) is 33.5 Å². The van der Waals surface area contributed by atoms with Gasteiger partial charge in [0.25, 0.3) is 5.56 Å². The van der Waals surface area contributed by atoms with Gasteiger partial charge in [-0.2, -0.15) is 0 Å². The number of nitrogens with one attached hydrogen (secondary N) is 1. The molecule has 106 valence electrons. The van der Waals surface area contributed by atoms with Crippen LogP contribution in [0.4, 0.5) is 5.69 Å². The maximum Gasteiger partial charge on any atom is 0.290 e. The molecule has 0 spiro atoms. The zero-order chi connectivity index (χ0) is 14.1. The molecule has 1 saturated carbocycles. The van der Waals surface area contributed by atoms with Crippen molar-refractivity contribution in [1.82, 2.24) is 9.78 Å². The number of nitrogen functional groups attached to an aromatic ring is 1. The van der Waals surface area contributed by atoms with Gasteiger partial charge in [0.15, 0.2) is 0 Å². The van der Waals surface area contributed by atoms with E-state index in [9.17, 15) is 4.79 Å². The van der Waals surface area contributed by atoms with Crippen LogP contribution in [0, 0.1) is 0 Å². The molecule has 1 fully saturated rings. The number of hydrogen-bond acceptors (Lipinski definition) is 2. The summed E-state index contributed by atoms with van der Waals surface area (Å²) in [6.45, 7) is 0.511. The summed E-state index contributed by atoms with van der Waals surface area (Å²) in [4.78, 5) is 12.3. The molecular weight excluding hydrogens is 318 g/mol. The molecule has 20 heavy (non-hydrogen) atoms. The van der Waals surface area contributed by atoms with Crippen LogP contribution in [0.2, 0.25) is 0 Å². The summed E-state index contributed by atoms with van der Waals surface area (Å²) < 4.78 is 2.62. The van der Waals surface area contributed by atoms with Crippen molar-refractivity contribution in [3.8, 4) is 0 Å². The van der Waals surface area contributed by atoms with Crippen molar-refractivity contribution in [3.05, 3.63) is 50.3 Å². The van der Waals surface area contributed by atoms with Gasteiger partial charge in [-0.3, -0.25) is 9.89 Å². The summed E-state index contributed by atoms with van der Waals surface area (Å²) in [5.74, 6) is 0.420. The van der Waals surface area contributed by atoms with Crippen molar-refractivity contribution in [2.75, 3.05) is 5.73 Å². The Bertz CT molecular complexity index is 668. The molecule has 0 aliphatic heterocycles. The Morgan fingerprint density at radius 1 is 1.30 bits per heavy atom. The number of nitrogens with zero attached hydrogens (tertiary/aromatic N) is 1. The van der Waals surface area contributed by atoms with Crippen molar-refractivity contribution < 1.29 is 0 Å². The summed E-state index contributed by atoms with van der Waals surface area (Å²) >= 11 is 3.51. The van der Waals surface area contributed by atoms with Crippen LogP contribution >= 0.6 is 15.9 Å². The third kappa shape index (κ3) is 2.42. The van der Waals surface area contributed by atoms with Crippen LogP contribution in [-0.2, 0) is 6.54 Å². The fourth-order valence-corrected chi connectivity index (χ4v) is 3.36. The Morgan fingerprint density at radius 3 is 2.70 bits per heavy atom. The van der Waals surface area contributed by atoms with E-state index < -0.39 is 0 Å². The number of aromatic amines is 1. The standard InChI is InChI=1S/C15H18BrN3O/c16-12-8-4-3-7-11(12)9-19-15(20)13(17)14(18-19)10-5-1-2-6-10/h3-4,7-8,10,18H,1-2,5-6,9,17H2. The lowest BCUT2D eigenvalue weighted by molar-refractivity contribution is 0.617. The third-order valence-corrected chi connectivity index (χ3v) is 4.84. The highest BCUT2D eigenvalue weighted by atomic mass is 79.9. The van der Waals surface area contributed by atoms with E-state index in [4.69, 9.17) is 5.73 Å². The predicted octanol–water partition coefficient (Wildman–Crippen LogP) is 3.23. The molecule has 1 aliphatic rings. The van der Waals surface area contributed by atoms with Gasteiger partial charge in [0.05, 0.1) is 12.2 Å². The molecular formula is C15H18BrN3O. The minimum atomic E-state index is -0.109. The number of anilines is 1. The quantitative estimate of drug-likeness (QED) is 0.904. The normalized spacial score (nSPS) is 15.8. The van der Waals surface area contributed by atoms with Crippen molar-refractivity contribution >= 4 is 21.6 Å². The van der Waals surface area contributed by atoms with Gasteiger partial charge in [0, 0.05) is 10.4 Å². The molecule has 0 bridgehead atoms. The second-order valence-electron chi connectivity index (χ2n) is 5.40. The van der Waals surface area contributed by atoms with E-state index in [1.165, 1.54) is 12.8 Å². The SMILES string of the molecule is Nc1c(C2CCCC2)[nH]n(Cc2ccccc2Br)c1=O. The lowest BCUT2D eigenvalue weighted by atomic mass is 10.0. The highest BCUT2D eigenvalue weighted by Crippen LogP contribution is 2.34. The Labute approximate surface area is 126 Å². The average molecular weight is 336 g/mol. The molecule has 1 aliphatic carbocycles. The molecule has 1 aromatic carbocycles. The molecule has 0 atom stereocenters. The molecule has 0 saturated heterocycles. The largest absolute Gasteiger partial charge is 0.393 e. The lowest BCUT2D eigenvalue weighted by Crippen LogP contribution is -2.19. The van der Waals surface area contributed by atoms with Gasteiger partial charge >= 0.3 is 0 Å². The van der Waals surface area contributed by atoms with E-state index >= 15 is 0 Å². The van der Waals surface area contributed by atoms with E-state index in [1.54, 1.807) is 4.68 Å². The zero-order valence-electron chi connectivity index (χ0n) is 11.2. The molecule has 1 aromatic heterocycles. The molecule has 1 heterocycles. The maximum absolute atomic E-state index is 12.3. The van der Waals surface area contributed by atoms with E-state index in [-0.39, 0.29) is 5.56 Å². The maximum atomic E-state index is 12.3. The first-order valence-corrected chi connectivity index (χ1v) is 7.77. The fraction of sp³-hybridized carbons (Fsp3) is 0.400. The number of halogens is 1. The van der Waals surface area contributed by atoms with Gasteiger partial charge in [0.2, 0.25) is 0 Å². The smallest absolute Gasteiger partial charge is 0.290 e. The molecule has 0 radical (unpaired) electrons. The highest BCUT2D eigenvalue weighted by molar-refractivity contribution is 9.10. The topological polar surface area (TPSA) is 63.8 Å². The Balaban J connectivity index is 1.93. The number of H-pyrrole nitrogens is 1. The van der Waals surface area contributed by atoms with E-state index in [1.807, 2.05) is 24.3 Å².